The molecule has 0 aliphatic rings. The minimum Gasteiger partial charge on any atom is -0.354 e. The van der Waals surface area contributed by atoms with Gasteiger partial charge in [0.25, 0.3) is 0 Å². The van der Waals surface area contributed by atoms with Gasteiger partial charge in [-0.05, 0) is 6.42 Å². The Kier molecular flexibility index (Phi) is 5.29. The van der Waals surface area contributed by atoms with Crippen molar-refractivity contribution in [2.75, 3.05) is 18.6 Å². The summed E-state index contributed by atoms with van der Waals surface area (Å²) in [4.78, 5) is 18.3. The first-order valence-corrected chi connectivity index (χ1v) is 7.63. The summed E-state index contributed by atoms with van der Waals surface area (Å²) < 4.78 is 21.9. The Morgan fingerprint density at radius 3 is 2.89 bits per heavy atom. The number of nitrogens with two attached hydrogens (primary N) is 1. The van der Waals surface area contributed by atoms with Gasteiger partial charge in [0.15, 0.2) is 0 Å². The molecule has 0 radical (unpaired) electrons. The Hall–Kier alpha value is -1.41. The van der Waals surface area contributed by atoms with Gasteiger partial charge in [0.2, 0.25) is 5.91 Å². The molecule has 1 rings (SSSR count). The smallest absolute Gasteiger partial charge is 0.236 e. The molecular weight excluding hydrogens is 256 g/mol. The van der Waals surface area contributed by atoms with Crippen LogP contribution in [0.1, 0.15) is 12.1 Å². The van der Waals surface area contributed by atoms with E-state index in [0.717, 1.165) is 11.9 Å². The number of nitrogens with one attached hydrogen (secondary N) is 2. The Morgan fingerprint density at radius 2 is 2.33 bits per heavy atom. The van der Waals surface area contributed by atoms with Gasteiger partial charge in [-0.3, -0.25) is 4.79 Å². The second kappa shape index (κ2) is 6.50. The van der Waals surface area contributed by atoms with Gasteiger partial charge in [0, 0.05) is 31.1 Å². The number of carbonyl (C=O) groups excluding carboxylic acids is 1. The van der Waals surface area contributed by atoms with Gasteiger partial charge >= 0.3 is 0 Å². The lowest BCUT2D eigenvalue weighted by Gasteiger charge is -2.11. The first-order chi connectivity index (χ1) is 8.38. The van der Waals surface area contributed by atoms with Gasteiger partial charge in [-0.25, -0.2) is 13.4 Å². The molecule has 18 heavy (non-hydrogen) atoms. The van der Waals surface area contributed by atoms with Gasteiger partial charge in [0.1, 0.15) is 9.84 Å². The number of amides is 1. The number of imidazole rings is 1. The molecule has 0 fully saturated rings. The van der Waals surface area contributed by atoms with E-state index in [9.17, 15) is 13.2 Å². The number of hydrogen-bond donors (Lipinski definition) is 3. The van der Waals surface area contributed by atoms with Gasteiger partial charge in [-0.2, -0.15) is 0 Å². The largest absolute Gasteiger partial charge is 0.354 e. The van der Waals surface area contributed by atoms with E-state index < -0.39 is 15.9 Å². The SMILES string of the molecule is CS(=O)(=O)CCC(N)C(=O)NCCc1cnc[nH]1. The third kappa shape index (κ3) is 5.78. The van der Waals surface area contributed by atoms with E-state index in [1.54, 1.807) is 12.5 Å². The van der Waals surface area contributed by atoms with Crippen LogP contribution in [0.25, 0.3) is 0 Å². The summed E-state index contributed by atoms with van der Waals surface area (Å²) in [5.74, 6) is -0.416. The quantitative estimate of drug-likeness (QED) is 0.579. The minimum absolute atomic E-state index is 0.0812. The molecule has 0 saturated carbocycles. The predicted molar refractivity (Wildman–Crippen MR) is 67.6 cm³/mol. The maximum atomic E-state index is 11.5. The monoisotopic (exact) mass is 274 g/mol. The number of hydrogen-bond acceptors (Lipinski definition) is 5. The first kappa shape index (κ1) is 14.7. The van der Waals surface area contributed by atoms with Crippen LogP contribution in [-0.4, -0.2) is 48.9 Å². The molecule has 0 aromatic carbocycles. The second-order valence-electron chi connectivity index (χ2n) is 4.14. The lowest BCUT2D eigenvalue weighted by atomic mass is 10.2. The van der Waals surface area contributed by atoms with Crippen LogP contribution in [0.3, 0.4) is 0 Å². The maximum Gasteiger partial charge on any atom is 0.236 e. The second-order valence-corrected chi connectivity index (χ2v) is 6.40. The summed E-state index contributed by atoms with van der Waals surface area (Å²) in [6, 6.07) is -0.790. The number of H-pyrrole nitrogens is 1. The minimum atomic E-state index is -3.08. The fourth-order valence-electron chi connectivity index (χ4n) is 1.35. The Morgan fingerprint density at radius 1 is 1.61 bits per heavy atom. The van der Waals surface area contributed by atoms with Crippen molar-refractivity contribution in [3.05, 3.63) is 18.2 Å². The summed E-state index contributed by atoms with van der Waals surface area (Å²) in [5.41, 5.74) is 6.50. The standard InChI is InChI=1S/C10H18N4O3S/c1-18(16,17)5-3-9(11)10(15)13-4-2-8-6-12-7-14-8/h6-7,9H,2-5,11H2,1H3,(H,12,14)(H,13,15). The van der Waals surface area contributed by atoms with Gasteiger partial charge in [-0.15, -0.1) is 0 Å². The molecule has 1 atom stereocenters. The number of rotatable bonds is 7. The average Bonchev–Trinajstić information content (AvgIpc) is 2.77. The van der Waals surface area contributed by atoms with Crippen molar-refractivity contribution < 1.29 is 13.2 Å². The molecule has 8 heteroatoms. The van der Waals surface area contributed by atoms with Crippen LogP contribution in [0.4, 0.5) is 0 Å². The van der Waals surface area contributed by atoms with E-state index in [1.807, 2.05) is 0 Å². The van der Waals surface area contributed by atoms with E-state index >= 15 is 0 Å². The summed E-state index contributed by atoms with van der Waals surface area (Å²) >= 11 is 0. The molecular formula is C10H18N4O3S. The molecule has 1 aromatic heterocycles. The van der Waals surface area contributed by atoms with E-state index in [2.05, 4.69) is 15.3 Å². The van der Waals surface area contributed by atoms with Crippen molar-refractivity contribution >= 4 is 15.7 Å². The van der Waals surface area contributed by atoms with E-state index in [-0.39, 0.29) is 18.1 Å². The highest BCUT2D eigenvalue weighted by molar-refractivity contribution is 7.90. The Balaban J connectivity index is 2.23. The Bertz CT molecular complexity index is 469. The van der Waals surface area contributed by atoms with Crippen LogP contribution in [-0.2, 0) is 21.1 Å². The van der Waals surface area contributed by atoms with E-state index in [4.69, 9.17) is 5.73 Å². The number of sulfone groups is 1. The van der Waals surface area contributed by atoms with Gasteiger partial charge in [-0.1, -0.05) is 0 Å². The fourth-order valence-corrected chi connectivity index (χ4v) is 2.03. The lowest BCUT2D eigenvalue weighted by molar-refractivity contribution is -0.122. The third-order valence-corrected chi connectivity index (χ3v) is 3.36. The number of carbonyl (C=O) groups is 1. The summed E-state index contributed by atoms with van der Waals surface area (Å²) in [6.45, 7) is 0.438. The van der Waals surface area contributed by atoms with Crippen LogP contribution in [0.5, 0.6) is 0 Å². The highest BCUT2D eigenvalue weighted by atomic mass is 32.2. The fraction of sp³-hybridized carbons (Fsp3) is 0.600. The van der Waals surface area contributed by atoms with Gasteiger partial charge in [0.05, 0.1) is 18.1 Å². The molecule has 0 aliphatic heterocycles. The summed E-state index contributed by atoms with van der Waals surface area (Å²) in [7, 11) is -3.08. The van der Waals surface area contributed by atoms with Crippen molar-refractivity contribution in [2.24, 2.45) is 5.73 Å². The van der Waals surface area contributed by atoms with Crippen molar-refractivity contribution in [1.82, 2.24) is 15.3 Å². The predicted octanol–water partition coefficient (Wildman–Crippen LogP) is -1.17. The zero-order valence-corrected chi connectivity index (χ0v) is 11.0. The molecule has 0 aliphatic carbocycles. The van der Waals surface area contributed by atoms with Crippen LogP contribution in [0.2, 0.25) is 0 Å². The molecule has 1 heterocycles. The first-order valence-electron chi connectivity index (χ1n) is 5.57. The molecule has 0 saturated heterocycles. The molecule has 1 amide bonds. The normalized spacial score (nSPS) is 13.2. The van der Waals surface area contributed by atoms with Crippen molar-refractivity contribution in [2.45, 2.75) is 18.9 Å². The van der Waals surface area contributed by atoms with Crippen molar-refractivity contribution in [3.8, 4) is 0 Å². The number of nitrogens with zero attached hydrogens (tertiary/aromatic N) is 1. The van der Waals surface area contributed by atoms with Crippen LogP contribution in [0, 0.1) is 0 Å². The van der Waals surface area contributed by atoms with Crippen LogP contribution in [0.15, 0.2) is 12.5 Å². The highest BCUT2D eigenvalue weighted by Gasteiger charge is 2.15. The van der Waals surface area contributed by atoms with E-state index in [0.29, 0.717) is 13.0 Å². The number of aromatic nitrogens is 2. The maximum absolute atomic E-state index is 11.5. The van der Waals surface area contributed by atoms with Crippen molar-refractivity contribution in [1.29, 1.82) is 0 Å². The molecule has 102 valence electrons. The van der Waals surface area contributed by atoms with Crippen LogP contribution >= 0.6 is 0 Å². The topological polar surface area (TPSA) is 118 Å². The average molecular weight is 274 g/mol. The van der Waals surface area contributed by atoms with Crippen LogP contribution < -0.4 is 11.1 Å². The summed E-state index contributed by atoms with van der Waals surface area (Å²) in [6.07, 6.45) is 5.12. The molecule has 1 unspecified atom stereocenters. The number of aromatic amines is 1. The molecule has 4 N–H and O–H groups in total. The molecule has 7 nitrogen and oxygen atoms in total. The molecule has 0 spiro atoms. The zero-order chi connectivity index (χ0) is 13.6. The summed E-state index contributed by atoms with van der Waals surface area (Å²) in [5, 5.41) is 2.65. The Labute approximate surface area is 106 Å². The third-order valence-electron chi connectivity index (χ3n) is 2.38. The highest BCUT2D eigenvalue weighted by Crippen LogP contribution is 1.95. The molecule has 1 aromatic rings. The van der Waals surface area contributed by atoms with E-state index in [1.165, 1.54) is 0 Å². The van der Waals surface area contributed by atoms with Gasteiger partial charge < -0.3 is 16.0 Å². The molecule has 0 bridgehead atoms. The van der Waals surface area contributed by atoms with Crippen molar-refractivity contribution in [3.63, 3.8) is 0 Å². The lowest BCUT2D eigenvalue weighted by Crippen LogP contribution is -2.42. The zero-order valence-electron chi connectivity index (χ0n) is 10.2.